The molecule has 1 N–H and O–H groups in total. The molecule has 126 valence electrons. The van der Waals surface area contributed by atoms with Gasteiger partial charge in [-0.15, -0.1) is 0 Å². The minimum Gasteiger partial charge on any atom is -0.457 e. The minimum absolute atomic E-state index is 0.213. The summed E-state index contributed by atoms with van der Waals surface area (Å²) in [5.74, 6) is 1.39. The first-order valence-corrected chi connectivity index (χ1v) is 8.43. The van der Waals surface area contributed by atoms with E-state index >= 15 is 0 Å². The van der Waals surface area contributed by atoms with Crippen molar-refractivity contribution in [3.05, 3.63) is 86.7 Å². The number of nitrogens with one attached hydrogen (secondary N) is 1. The van der Waals surface area contributed by atoms with Crippen molar-refractivity contribution >= 4 is 0 Å². The van der Waals surface area contributed by atoms with Crippen molar-refractivity contribution in [1.29, 1.82) is 0 Å². The van der Waals surface area contributed by atoms with Crippen molar-refractivity contribution in [2.45, 2.75) is 25.7 Å². The molecule has 0 bridgehead atoms. The van der Waals surface area contributed by atoms with Crippen LogP contribution < -0.4 is 16.0 Å². The van der Waals surface area contributed by atoms with Gasteiger partial charge in [-0.25, -0.2) is 9.36 Å². The van der Waals surface area contributed by atoms with Crippen LogP contribution in [-0.2, 0) is 12.8 Å². The Bertz CT molecular complexity index is 1000. The van der Waals surface area contributed by atoms with Gasteiger partial charge in [0.25, 0.3) is 5.56 Å². The zero-order chi connectivity index (χ0) is 17.2. The highest BCUT2D eigenvalue weighted by Crippen LogP contribution is 2.22. The number of aromatic nitrogens is 2. The van der Waals surface area contributed by atoms with Crippen LogP contribution in [0.5, 0.6) is 11.5 Å². The maximum Gasteiger partial charge on any atom is 0.333 e. The number of hydrogen-bond donors (Lipinski definition) is 1. The third-order valence-electron chi connectivity index (χ3n) is 4.46. The molecule has 0 unspecified atom stereocenters. The van der Waals surface area contributed by atoms with Crippen molar-refractivity contribution < 1.29 is 4.74 Å². The van der Waals surface area contributed by atoms with Crippen LogP contribution in [0.25, 0.3) is 5.69 Å². The molecule has 0 aliphatic heterocycles. The maximum absolute atomic E-state index is 12.7. The molecule has 2 aromatic carbocycles. The third-order valence-corrected chi connectivity index (χ3v) is 4.46. The summed E-state index contributed by atoms with van der Waals surface area (Å²) in [6.07, 6.45) is 3.49. The summed E-state index contributed by atoms with van der Waals surface area (Å²) in [5, 5.41) is 0. The first-order chi connectivity index (χ1) is 12.2. The van der Waals surface area contributed by atoms with Crippen molar-refractivity contribution in [1.82, 2.24) is 9.55 Å². The molecule has 1 aliphatic carbocycles. The first-order valence-electron chi connectivity index (χ1n) is 8.43. The lowest BCUT2D eigenvalue weighted by molar-refractivity contribution is 0.482. The van der Waals surface area contributed by atoms with E-state index in [2.05, 4.69) is 4.98 Å². The van der Waals surface area contributed by atoms with E-state index in [9.17, 15) is 9.59 Å². The molecule has 0 saturated heterocycles. The van der Waals surface area contributed by atoms with Crippen LogP contribution >= 0.6 is 0 Å². The molecule has 0 spiro atoms. The number of rotatable bonds is 3. The molecular formula is C20H18N2O3. The Labute approximate surface area is 144 Å². The molecule has 5 nitrogen and oxygen atoms in total. The summed E-state index contributed by atoms with van der Waals surface area (Å²) in [7, 11) is 0. The number of para-hydroxylation sites is 1. The molecule has 5 heteroatoms. The van der Waals surface area contributed by atoms with E-state index in [4.69, 9.17) is 4.74 Å². The summed E-state index contributed by atoms with van der Waals surface area (Å²) >= 11 is 0. The van der Waals surface area contributed by atoms with Crippen LogP contribution in [0.15, 0.2) is 64.2 Å². The van der Waals surface area contributed by atoms with Gasteiger partial charge in [-0.05, 0) is 62.1 Å². The topological polar surface area (TPSA) is 64.1 Å². The average molecular weight is 334 g/mol. The molecule has 3 aromatic rings. The number of H-pyrrole nitrogens is 1. The van der Waals surface area contributed by atoms with E-state index in [-0.39, 0.29) is 11.2 Å². The van der Waals surface area contributed by atoms with E-state index in [0.717, 1.165) is 42.7 Å². The van der Waals surface area contributed by atoms with Crippen molar-refractivity contribution in [2.75, 3.05) is 0 Å². The van der Waals surface area contributed by atoms with Crippen molar-refractivity contribution in [3.63, 3.8) is 0 Å². The first kappa shape index (κ1) is 15.4. The lowest BCUT2D eigenvalue weighted by Crippen LogP contribution is -2.38. The molecule has 0 amide bonds. The van der Waals surface area contributed by atoms with Gasteiger partial charge in [0.2, 0.25) is 0 Å². The minimum atomic E-state index is -0.387. The Morgan fingerprint density at radius 3 is 2.28 bits per heavy atom. The van der Waals surface area contributed by atoms with E-state index in [1.807, 2.05) is 30.3 Å². The molecule has 0 atom stereocenters. The summed E-state index contributed by atoms with van der Waals surface area (Å²) in [6.45, 7) is 0. The van der Waals surface area contributed by atoms with Gasteiger partial charge in [0.1, 0.15) is 11.5 Å². The molecule has 0 fully saturated rings. The maximum atomic E-state index is 12.7. The molecule has 25 heavy (non-hydrogen) atoms. The number of aromatic amines is 1. The molecule has 0 radical (unpaired) electrons. The van der Waals surface area contributed by atoms with E-state index in [0.29, 0.717) is 11.4 Å². The van der Waals surface area contributed by atoms with Gasteiger partial charge >= 0.3 is 5.69 Å². The Balaban J connectivity index is 1.69. The van der Waals surface area contributed by atoms with Crippen LogP contribution in [0.4, 0.5) is 0 Å². The fourth-order valence-corrected chi connectivity index (χ4v) is 3.21. The SMILES string of the molecule is O=c1[nH]c2c(c(=O)n1-c1ccc(Oc3ccccc3)cc1)CCCC2. The second-order valence-electron chi connectivity index (χ2n) is 6.14. The summed E-state index contributed by atoms with van der Waals surface area (Å²) in [4.78, 5) is 28.0. The molecule has 1 aromatic heterocycles. The summed E-state index contributed by atoms with van der Waals surface area (Å²) in [5.41, 5.74) is 1.47. The van der Waals surface area contributed by atoms with Gasteiger partial charge in [0.05, 0.1) is 5.69 Å². The fourth-order valence-electron chi connectivity index (χ4n) is 3.21. The van der Waals surface area contributed by atoms with E-state index in [1.54, 1.807) is 24.3 Å². The Hall–Kier alpha value is -3.08. The largest absolute Gasteiger partial charge is 0.457 e. The Morgan fingerprint density at radius 1 is 0.840 bits per heavy atom. The van der Waals surface area contributed by atoms with Gasteiger partial charge in [0.15, 0.2) is 0 Å². The zero-order valence-corrected chi connectivity index (χ0v) is 13.7. The van der Waals surface area contributed by atoms with Gasteiger partial charge < -0.3 is 9.72 Å². The molecular weight excluding hydrogens is 316 g/mol. The second kappa shape index (κ2) is 6.43. The van der Waals surface area contributed by atoms with Crippen LogP contribution in [-0.4, -0.2) is 9.55 Å². The predicted molar refractivity (Wildman–Crippen MR) is 95.8 cm³/mol. The van der Waals surface area contributed by atoms with Crippen molar-refractivity contribution in [2.24, 2.45) is 0 Å². The molecule has 1 heterocycles. The van der Waals surface area contributed by atoms with Gasteiger partial charge in [-0.1, -0.05) is 18.2 Å². The number of benzene rings is 2. The van der Waals surface area contributed by atoms with Crippen LogP contribution in [0, 0.1) is 0 Å². The highest BCUT2D eigenvalue weighted by Gasteiger charge is 2.17. The molecule has 0 saturated carbocycles. The van der Waals surface area contributed by atoms with Crippen LogP contribution in [0.2, 0.25) is 0 Å². The molecule has 1 aliphatic rings. The van der Waals surface area contributed by atoms with Gasteiger partial charge in [0, 0.05) is 11.3 Å². The van der Waals surface area contributed by atoms with E-state index < -0.39 is 0 Å². The van der Waals surface area contributed by atoms with Crippen LogP contribution in [0.1, 0.15) is 24.1 Å². The number of ether oxygens (including phenoxy) is 1. The highest BCUT2D eigenvalue weighted by molar-refractivity contribution is 5.40. The summed E-state index contributed by atoms with van der Waals surface area (Å²) < 4.78 is 6.95. The predicted octanol–water partition coefficient (Wildman–Crippen LogP) is 3.20. The van der Waals surface area contributed by atoms with Gasteiger partial charge in [-0.2, -0.15) is 0 Å². The number of hydrogen-bond acceptors (Lipinski definition) is 3. The smallest absolute Gasteiger partial charge is 0.333 e. The second-order valence-corrected chi connectivity index (χ2v) is 6.14. The standard InChI is InChI=1S/C20H18N2O3/c23-19-17-8-4-5-9-18(17)21-20(24)22(19)14-10-12-16(13-11-14)25-15-6-2-1-3-7-15/h1-3,6-7,10-13H,4-5,8-9H2,(H,21,24). The lowest BCUT2D eigenvalue weighted by Gasteiger charge is -2.16. The number of nitrogens with zero attached hydrogens (tertiary/aromatic N) is 1. The lowest BCUT2D eigenvalue weighted by atomic mass is 9.97. The normalized spacial score (nSPS) is 13.3. The van der Waals surface area contributed by atoms with Crippen LogP contribution in [0.3, 0.4) is 0 Å². The average Bonchev–Trinajstić information content (AvgIpc) is 2.64. The number of aryl methyl sites for hydroxylation is 1. The van der Waals surface area contributed by atoms with Crippen molar-refractivity contribution in [3.8, 4) is 17.2 Å². The zero-order valence-electron chi connectivity index (χ0n) is 13.7. The van der Waals surface area contributed by atoms with Gasteiger partial charge in [-0.3, -0.25) is 4.79 Å². The third kappa shape index (κ3) is 3.01. The monoisotopic (exact) mass is 334 g/mol. The summed E-state index contributed by atoms with van der Waals surface area (Å²) in [6, 6.07) is 16.4. The molecule has 4 rings (SSSR count). The Morgan fingerprint density at radius 2 is 1.52 bits per heavy atom. The fraction of sp³-hybridized carbons (Fsp3) is 0.200. The Kier molecular flexibility index (Phi) is 3.98. The quantitative estimate of drug-likeness (QED) is 0.800. The number of fused-ring (bicyclic) bond motifs is 1. The highest BCUT2D eigenvalue weighted by atomic mass is 16.5. The van der Waals surface area contributed by atoms with E-state index in [1.165, 1.54) is 4.57 Å².